The van der Waals surface area contributed by atoms with Gasteiger partial charge >= 0.3 is 48.9 Å². The molecule has 0 heterocycles. The fourth-order valence-electron chi connectivity index (χ4n) is 1.91. The van der Waals surface area contributed by atoms with E-state index in [1.165, 1.54) is 0 Å². The minimum Gasteiger partial charge on any atom is -0.872 e. The van der Waals surface area contributed by atoms with E-state index in [1.54, 1.807) is 24.3 Å². The first-order valence-electron chi connectivity index (χ1n) is 5.55. The van der Waals surface area contributed by atoms with E-state index in [2.05, 4.69) is 13.8 Å². The quantitative estimate of drug-likeness (QED) is 0.764. The van der Waals surface area contributed by atoms with Crippen molar-refractivity contribution in [1.82, 2.24) is 0 Å². The Kier molecular flexibility index (Phi) is 5.37. The van der Waals surface area contributed by atoms with Gasteiger partial charge in [0.2, 0.25) is 0 Å². The van der Waals surface area contributed by atoms with Crippen LogP contribution in [0.1, 0.15) is 25.0 Å². The number of benzene rings is 2. The Hall–Kier alpha value is -0.389. The molecule has 2 aromatic rings. The fourth-order valence-corrected chi connectivity index (χ4v) is 1.91. The maximum absolute atomic E-state index is 11.1. The van der Waals surface area contributed by atoms with Crippen LogP contribution in [0, 0.1) is 0 Å². The predicted molar refractivity (Wildman–Crippen MR) is 69.7 cm³/mol. The molecular formula is C15H14BaO2. The predicted octanol–water partition coefficient (Wildman–Crippen LogP) is 1.78. The standard InChI is InChI=1S/C15H16O2.Ba/c1-15(2,11-3-7-13(16)8-4-11)12-5-9-14(17)10-6-12;/h3-10,16-17H,1-2H3;/q;+2/p-2. The normalized spacial score (nSPS) is 10.8. The average Bonchev–Trinajstić information content (AvgIpc) is 2.30. The van der Waals surface area contributed by atoms with Crippen LogP contribution in [0.3, 0.4) is 0 Å². The van der Waals surface area contributed by atoms with Gasteiger partial charge in [-0.15, -0.1) is 11.5 Å². The van der Waals surface area contributed by atoms with Crippen LogP contribution in [0.5, 0.6) is 11.5 Å². The molecule has 0 saturated carbocycles. The van der Waals surface area contributed by atoms with E-state index >= 15 is 0 Å². The van der Waals surface area contributed by atoms with Gasteiger partial charge in [0, 0.05) is 5.41 Å². The summed E-state index contributed by atoms with van der Waals surface area (Å²) in [5.41, 5.74) is 1.92. The Morgan fingerprint density at radius 1 is 0.667 bits per heavy atom. The van der Waals surface area contributed by atoms with Crippen LogP contribution in [0.15, 0.2) is 48.5 Å². The molecule has 88 valence electrons. The van der Waals surface area contributed by atoms with Crippen LogP contribution in [-0.2, 0) is 5.41 Å². The van der Waals surface area contributed by atoms with Gasteiger partial charge in [0.05, 0.1) is 0 Å². The van der Waals surface area contributed by atoms with Gasteiger partial charge in [-0.3, -0.25) is 0 Å². The zero-order valence-corrected chi connectivity index (χ0v) is 15.1. The third kappa shape index (κ3) is 3.34. The summed E-state index contributed by atoms with van der Waals surface area (Å²) < 4.78 is 0. The molecule has 2 aromatic carbocycles. The van der Waals surface area contributed by atoms with Crippen LogP contribution in [0.4, 0.5) is 0 Å². The van der Waals surface area contributed by atoms with Gasteiger partial charge in [0.15, 0.2) is 0 Å². The van der Waals surface area contributed by atoms with E-state index in [1.807, 2.05) is 24.3 Å². The van der Waals surface area contributed by atoms with Crippen molar-refractivity contribution in [3.8, 4) is 11.5 Å². The molecule has 0 amide bonds. The SMILES string of the molecule is CC(C)(c1ccc([O-])cc1)c1ccc([O-])cc1.[Ba+2]. The molecule has 0 aliphatic heterocycles. The maximum Gasteiger partial charge on any atom is 2.00 e. The molecule has 0 aliphatic carbocycles. The molecular weight excluding hydrogens is 349 g/mol. The van der Waals surface area contributed by atoms with Crippen molar-refractivity contribution in [1.29, 1.82) is 0 Å². The molecule has 0 aromatic heterocycles. The summed E-state index contributed by atoms with van der Waals surface area (Å²) in [4.78, 5) is 0. The molecule has 3 heteroatoms. The van der Waals surface area contributed by atoms with Gasteiger partial charge in [-0.2, -0.15) is 0 Å². The van der Waals surface area contributed by atoms with Crippen molar-refractivity contribution in [3.05, 3.63) is 59.7 Å². The third-order valence-electron chi connectivity index (χ3n) is 3.15. The van der Waals surface area contributed by atoms with Gasteiger partial charge in [-0.1, -0.05) is 62.4 Å². The molecule has 0 N–H and O–H groups in total. The van der Waals surface area contributed by atoms with Crippen molar-refractivity contribution in [2.24, 2.45) is 0 Å². The topological polar surface area (TPSA) is 46.1 Å². The molecule has 0 saturated heterocycles. The minimum atomic E-state index is -0.207. The van der Waals surface area contributed by atoms with Crippen molar-refractivity contribution in [2.75, 3.05) is 0 Å². The summed E-state index contributed by atoms with van der Waals surface area (Å²) in [6, 6.07) is 13.6. The molecule has 0 fully saturated rings. The summed E-state index contributed by atoms with van der Waals surface area (Å²) in [5.74, 6) is 0.0268. The van der Waals surface area contributed by atoms with Crippen molar-refractivity contribution in [2.45, 2.75) is 19.3 Å². The molecule has 2 rings (SSSR count). The maximum atomic E-state index is 11.1. The van der Waals surface area contributed by atoms with E-state index in [0.717, 1.165) is 11.1 Å². The summed E-state index contributed by atoms with van der Waals surface area (Å²) in [6.45, 7) is 4.15. The van der Waals surface area contributed by atoms with Gasteiger partial charge in [0.25, 0.3) is 0 Å². The van der Waals surface area contributed by atoms with Crippen molar-refractivity contribution in [3.63, 3.8) is 0 Å². The molecule has 0 unspecified atom stereocenters. The summed E-state index contributed by atoms with van der Waals surface area (Å²) >= 11 is 0. The van der Waals surface area contributed by atoms with E-state index in [-0.39, 0.29) is 65.8 Å². The first-order chi connectivity index (χ1) is 8.00. The Labute approximate surface area is 148 Å². The monoisotopic (exact) mass is 364 g/mol. The van der Waals surface area contributed by atoms with Crippen LogP contribution in [0.25, 0.3) is 0 Å². The first kappa shape index (κ1) is 15.7. The van der Waals surface area contributed by atoms with E-state index in [0.29, 0.717) is 0 Å². The Balaban J connectivity index is 0.00000162. The van der Waals surface area contributed by atoms with Crippen LogP contribution >= 0.6 is 0 Å². The van der Waals surface area contributed by atoms with Gasteiger partial charge in [-0.05, 0) is 11.1 Å². The Morgan fingerprint density at radius 3 is 1.22 bits per heavy atom. The molecule has 2 nitrogen and oxygen atoms in total. The van der Waals surface area contributed by atoms with Gasteiger partial charge in [-0.25, -0.2) is 0 Å². The number of hydrogen-bond acceptors (Lipinski definition) is 2. The molecule has 0 atom stereocenters. The van der Waals surface area contributed by atoms with Crippen molar-refractivity contribution < 1.29 is 10.2 Å². The van der Waals surface area contributed by atoms with Crippen molar-refractivity contribution >= 4 is 48.9 Å². The second kappa shape index (κ2) is 6.17. The molecule has 0 bridgehead atoms. The molecule has 0 radical (unpaired) electrons. The zero-order chi connectivity index (χ0) is 12.5. The third-order valence-corrected chi connectivity index (χ3v) is 3.15. The largest absolute Gasteiger partial charge is 2.00 e. The fraction of sp³-hybridized carbons (Fsp3) is 0.200. The van der Waals surface area contributed by atoms with E-state index in [9.17, 15) is 10.2 Å². The van der Waals surface area contributed by atoms with Gasteiger partial charge < -0.3 is 10.2 Å². The Bertz CT molecular complexity index is 454. The Morgan fingerprint density at radius 2 is 0.944 bits per heavy atom. The number of rotatable bonds is 2. The summed E-state index contributed by atoms with van der Waals surface area (Å²) in [5, 5.41) is 22.2. The van der Waals surface area contributed by atoms with Crippen LogP contribution in [-0.4, -0.2) is 48.9 Å². The van der Waals surface area contributed by atoms with E-state index < -0.39 is 0 Å². The zero-order valence-electron chi connectivity index (χ0n) is 10.6. The second-order valence-corrected chi connectivity index (χ2v) is 4.67. The van der Waals surface area contributed by atoms with E-state index in [4.69, 9.17) is 0 Å². The summed E-state index contributed by atoms with van der Waals surface area (Å²) in [7, 11) is 0. The molecule has 0 aliphatic rings. The minimum absolute atomic E-state index is 0. The smallest absolute Gasteiger partial charge is 0.872 e. The molecule has 0 spiro atoms. The van der Waals surface area contributed by atoms with Gasteiger partial charge in [0.1, 0.15) is 0 Å². The summed E-state index contributed by atoms with van der Waals surface area (Å²) in [6.07, 6.45) is 0. The van der Waals surface area contributed by atoms with Crippen LogP contribution < -0.4 is 10.2 Å². The first-order valence-corrected chi connectivity index (χ1v) is 5.55. The number of hydrogen-bond donors (Lipinski definition) is 0. The average molecular weight is 364 g/mol. The second-order valence-electron chi connectivity index (χ2n) is 4.67. The van der Waals surface area contributed by atoms with Crippen LogP contribution in [0.2, 0.25) is 0 Å². The molecule has 18 heavy (non-hydrogen) atoms.